The number of ether oxygens (including phenoxy) is 1. The molecule has 0 unspecified atom stereocenters. The van der Waals surface area contributed by atoms with Crippen LogP contribution in [0.5, 0.6) is 5.88 Å². The van der Waals surface area contributed by atoms with Crippen molar-refractivity contribution in [3.05, 3.63) is 36.2 Å². The highest BCUT2D eigenvalue weighted by Crippen LogP contribution is 2.31. The van der Waals surface area contributed by atoms with E-state index in [2.05, 4.69) is 15.3 Å². The maximum atomic E-state index is 13.8. The van der Waals surface area contributed by atoms with Gasteiger partial charge in [-0.3, -0.25) is 9.78 Å². The predicted molar refractivity (Wildman–Crippen MR) is 105 cm³/mol. The summed E-state index contributed by atoms with van der Waals surface area (Å²) >= 11 is 0. The summed E-state index contributed by atoms with van der Waals surface area (Å²) < 4.78 is 55.6. The lowest BCUT2D eigenvalue weighted by molar-refractivity contribution is -0.0102. The number of rotatable bonds is 5. The van der Waals surface area contributed by atoms with E-state index in [-0.39, 0.29) is 53.7 Å². The zero-order valence-electron chi connectivity index (χ0n) is 16.1. The fourth-order valence-corrected chi connectivity index (χ4v) is 3.58. The van der Waals surface area contributed by atoms with Gasteiger partial charge in [-0.05, 0) is 18.6 Å². The van der Waals surface area contributed by atoms with Crippen LogP contribution < -0.4 is 20.1 Å². The summed E-state index contributed by atoms with van der Waals surface area (Å²) in [5.74, 6) is -2.93. The molecule has 1 saturated heterocycles. The Bertz CT molecular complexity index is 1050. The highest BCUT2D eigenvalue weighted by molar-refractivity contribution is 7.89. The number of hydrogen-bond acceptors (Lipinski definition) is 7. The van der Waals surface area contributed by atoms with Gasteiger partial charge in [-0.25, -0.2) is 22.3 Å². The Morgan fingerprint density at radius 1 is 1.27 bits per heavy atom. The molecule has 0 aliphatic carbocycles. The number of nitrogens with zero attached hydrogens (tertiary/aromatic N) is 3. The van der Waals surface area contributed by atoms with Crippen molar-refractivity contribution >= 4 is 27.4 Å². The second-order valence-electron chi connectivity index (χ2n) is 6.83. The van der Waals surface area contributed by atoms with E-state index >= 15 is 0 Å². The van der Waals surface area contributed by atoms with Crippen LogP contribution in [0.25, 0.3) is 0 Å². The SMILES string of the molecule is COc1ccc(C(=O)Nc2cncc(S(N)(=O)=O)c2)c(N2CCCC(F)(F)CC2)n1. The largest absolute Gasteiger partial charge is 0.481 e. The molecule has 1 aliphatic heterocycles. The molecule has 0 bridgehead atoms. The van der Waals surface area contributed by atoms with Gasteiger partial charge in [0.25, 0.3) is 5.91 Å². The summed E-state index contributed by atoms with van der Waals surface area (Å²) in [6, 6.07) is 4.11. The number of anilines is 2. The first-order valence-electron chi connectivity index (χ1n) is 9.06. The molecule has 0 saturated carbocycles. The number of nitrogens with one attached hydrogen (secondary N) is 1. The molecule has 30 heavy (non-hydrogen) atoms. The molecule has 0 atom stereocenters. The molecule has 1 amide bonds. The Labute approximate surface area is 172 Å². The molecule has 12 heteroatoms. The molecular formula is C18H21F2N5O4S. The molecule has 0 spiro atoms. The lowest BCUT2D eigenvalue weighted by Crippen LogP contribution is -2.29. The number of amides is 1. The van der Waals surface area contributed by atoms with Crippen molar-refractivity contribution < 1.29 is 26.7 Å². The second-order valence-corrected chi connectivity index (χ2v) is 8.39. The van der Waals surface area contributed by atoms with Crippen molar-refractivity contribution in [3.8, 4) is 5.88 Å². The van der Waals surface area contributed by atoms with Crippen LogP contribution in [0.15, 0.2) is 35.5 Å². The molecule has 2 aromatic rings. The van der Waals surface area contributed by atoms with Crippen molar-refractivity contribution in [2.24, 2.45) is 5.14 Å². The summed E-state index contributed by atoms with van der Waals surface area (Å²) in [6.45, 7) is 0.328. The van der Waals surface area contributed by atoms with E-state index in [1.165, 1.54) is 31.5 Å². The van der Waals surface area contributed by atoms with Gasteiger partial charge in [0, 0.05) is 38.2 Å². The van der Waals surface area contributed by atoms with Crippen LogP contribution in [0.3, 0.4) is 0 Å². The molecular weight excluding hydrogens is 420 g/mol. The van der Waals surface area contributed by atoms with Gasteiger partial charge in [0.15, 0.2) is 0 Å². The summed E-state index contributed by atoms with van der Waals surface area (Å²) in [5, 5.41) is 7.63. The third-order valence-corrected chi connectivity index (χ3v) is 5.50. The van der Waals surface area contributed by atoms with Crippen LogP contribution in [-0.4, -0.2) is 50.4 Å². The molecule has 0 aromatic carbocycles. The molecule has 3 heterocycles. The van der Waals surface area contributed by atoms with E-state index in [9.17, 15) is 22.0 Å². The molecule has 0 radical (unpaired) electrons. The Morgan fingerprint density at radius 3 is 2.73 bits per heavy atom. The van der Waals surface area contributed by atoms with E-state index in [0.29, 0.717) is 6.54 Å². The zero-order valence-corrected chi connectivity index (χ0v) is 17.0. The lowest BCUT2D eigenvalue weighted by atomic mass is 10.1. The maximum absolute atomic E-state index is 13.8. The smallest absolute Gasteiger partial charge is 0.259 e. The van der Waals surface area contributed by atoms with Crippen molar-refractivity contribution in [2.45, 2.75) is 30.1 Å². The first-order valence-corrected chi connectivity index (χ1v) is 10.6. The minimum absolute atomic E-state index is 0.0237. The van der Waals surface area contributed by atoms with E-state index < -0.39 is 21.9 Å². The van der Waals surface area contributed by atoms with E-state index in [4.69, 9.17) is 9.88 Å². The topological polar surface area (TPSA) is 128 Å². The Kier molecular flexibility index (Phi) is 6.17. The predicted octanol–water partition coefficient (Wildman–Crippen LogP) is 2.01. The highest BCUT2D eigenvalue weighted by Gasteiger charge is 2.33. The number of primary sulfonamides is 1. The van der Waals surface area contributed by atoms with E-state index in [1.807, 2.05) is 0 Å². The number of pyridine rings is 2. The number of carbonyl (C=O) groups excluding carboxylic acids is 1. The van der Waals surface area contributed by atoms with Crippen LogP contribution in [0.4, 0.5) is 20.3 Å². The average Bonchev–Trinajstić information content (AvgIpc) is 2.87. The number of nitrogens with two attached hydrogens (primary N) is 1. The van der Waals surface area contributed by atoms with Gasteiger partial charge in [0.2, 0.25) is 21.8 Å². The molecule has 1 fully saturated rings. The summed E-state index contributed by atoms with van der Waals surface area (Å²) in [6.07, 6.45) is 1.97. The van der Waals surface area contributed by atoms with Crippen LogP contribution >= 0.6 is 0 Å². The third kappa shape index (κ3) is 5.19. The maximum Gasteiger partial charge on any atom is 0.259 e. The normalized spacial score (nSPS) is 16.6. The van der Waals surface area contributed by atoms with Crippen LogP contribution in [0.1, 0.15) is 29.6 Å². The molecule has 3 N–H and O–H groups in total. The summed E-state index contributed by atoms with van der Waals surface area (Å²) in [7, 11) is -2.59. The first-order chi connectivity index (χ1) is 14.1. The number of sulfonamides is 1. The lowest BCUT2D eigenvalue weighted by Gasteiger charge is -2.24. The molecule has 3 rings (SSSR count). The highest BCUT2D eigenvalue weighted by atomic mass is 32.2. The number of methoxy groups -OCH3 is 1. The Balaban J connectivity index is 1.91. The van der Waals surface area contributed by atoms with Gasteiger partial charge in [-0.15, -0.1) is 0 Å². The fourth-order valence-electron chi connectivity index (χ4n) is 3.08. The van der Waals surface area contributed by atoms with Crippen molar-refractivity contribution in [1.82, 2.24) is 9.97 Å². The first kappa shape index (κ1) is 21.8. The van der Waals surface area contributed by atoms with Crippen LogP contribution in [-0.2, 0) is 10.0 Å². The van der Waals surface area contributed by atoms with E-state index in [0.717, 1.165) is 6.20 Å². The monoisotopic (exact) mass is 441 g/mol. The molecule has 2 aromatic heterocycles. The Morgan fingerprint density at radius 2 is 2.03 bits per heavy atom. The standard InChI is InChI=1S/C18H21F2N5O4S/c1-29-15-4-3-14(16(24-15)25-7-2-5-18(19,20)6-8-25)17(26)23-12-9-13(11-22-10-12)30(21,27)28/h3-4,9-11H,2,5-8H2,1H3,(H,23,26)(H2,21,27,28). The van der Waals surface area contributed by atoms with Gasteiger partial charge in [0.1, 0.15) is 10.7 Å². The van der Waals surface area contributed by atoms with Crippen LogP contribution in [0, 0.1) is 0 Å². The number of alkyl halides is 2. The minimum Gasteiger partial charge on any atom is -0.481 e. The summed E-state index contributed by atoms with van der Waals surface area (Å²) in [4.78, 5) is 22.3. The quantitative estimate of drug-likeness (QED) is 0.726. The second kappa shape index (κ2) is 8.48. The minimum atomic E-state index is -4.00. The van der Waals surface area contributed by atoms with Crippen LogP contribution in [0.2, 0.25) is 0 Å². The van der Waals surface area contributed by atoms with Gasteiger partial charge in [0.05, 0.1) is 24.6 Å². The molecule has 162 valence electrons. The molecule has 1 aliphatic rings. The van der Waals surface area contributed by atoms with Gasteiger partial charge < -0.3 is 15.0 Å². The summed E-state index contributed by atoms with van der Waals surface area (Å²) in [5.41, 5.74) is 0.234. The fraction of sp³-hybridized carbons (Fsp3) is 0.389. The zero-order chi connectivity index (χ0) is 21.9. The third-order valence-electron chi connectivity index (χ3n) is 4.62. The van der Waals surface area contributed by atoms with Crippen molar-refractivity contribution in [1.29, 1.82) is 0 Å². The molecule has 9 nitrogen and oxygen atoms in total. The Hall–Kier alpha value is -2.86. The van der Waals surface area contributed by atoms with Gasteiger partial charge in [-0.2, -0.15) is 4.98 Å². The average molecular weight is 441 g/mol. The van der Waals surface area contributed by atoms with Crippen molar-refractivity contribution in [2.75, 3.05) is 30.4 Å². The van der Waals surface area contributed by atoms with Gasteiger partial charge in [-0.1, -0.05) is 0 Å². The number of carbonyl (C=O) groups is 1. The van der Waals surface area contributed by atoms with Gasteiger partial charge >= 0.3 is 0 Å². The van der Waals surface area contributed by atoms with E-state index in [1.54, 1.807) is 4.90 Å². The van der Waals surface area contributed by atoms with Crippen molar-refractivity contribution in [3.63, 3.8) is 0 Å². The number of hydrogen-bond donors (Lipinski definition) is 2. The number of halogens is 2. The number of aromatic nitrogens is 2.